The quantitative estimate of drug-likeness (QED) is 0.777. The smallest absolute Gasteiger partial charge is 0.242 e. The second-order valence-corrected chi connectivity index (χ2v) is 6.88. The number of benzene rings is 2. The lowest BCUT2D eigenvalue weighted by Crippen LogP contribution is -2.26. The van der Waals surface area contributed by atoms with Crippen LogP contribution in [0.2, 0.25) is 5.02 Å². The minimum atomic E-state index is -3.61. The fraction of sp³-hybridized carbons (Fsp3) is 0.133. The van der Waals surface area contributed by atoms with Crippen LogP contribution in [-0.2, 0) is 16.4 Å². The van der Waals surface area contributed by atoms with E-state index in [-0.39, 0.29) is 16.5 Å². The first-order chi connectivity index (χ1) is 10.6. The zero-order chi connectivity index (χ0) is 15.6. The Morgan fingerprint density at radius 1 is 1.18 bits per heavy atom. The molecule has 0 unspecified atom stereocenters. The van der Waals surface area contributed by atoms with Gasteiger partial charge in [0.1, 0.15) is 10.4 Å². The van der Waals surface area contributed by atoms with Crippen molar-refractivity contribution in [2.45, 2.75) is 11.3 Å². The number of hydrogen-bond acceptors (Lipinski definition) is 4. The zero-order valence-electron chi connectivity index (χ0n) is 11.5. The van der Waals surface area contributed by atoms with Gasteiger partial charge in [-0.1, -0.05) is 29.8 Å². The Hall–Kier alpha value is -1.89. The first-order valence-corrected chi connectivity index (χ1v) is 8.49. The van der Waals surface area contributed by atoms with E-state index >= 15 is 0 Å². The van der Waals surface area contributed by atoms with Crippen LogP contribution in [0.1, 0.15) is 5.56 Å². The van der Waals surface area contributed by atoms with Crippen LogP contribution in [0.15, 0.2) is 58.2 Å². The van der Waals surface area contributed by atoms with E-state index in [2.05, 4.69) is 9.71 Å². The van der Waals surface area contributed by atoms with E-state index in [0.29, 0.717) is 12.0 Å². The van der Waals surface area contributed by atoms with Crippen molar-refractivity contribution in [3.05, 3.63) is 59.4 Å². The summed E-state index contributed by atoms with van der Waals surface area (Å²) in [5.41, 5.74) is 2.43. The molecule has 1 aromatic heterocycles. The molecule has 3 rings (SSSR count). The van der Waals surface area contributed by atoms with Crippen molar-refractivity contribution in [1.29, 1.82) is 0 Å². The van der Waals surface area contributed by atoms with E-state index in [1.165, 1.54) is 12.5 Å². The molecule has 0 atom stereocenters. The molecule has 22 heavy (non-hydrogen) atoms. The summed E-state index contributed by atoms with van der Waals surface area (Å²) in [5.74, 6) is 0. The molecule has 1 heterocycles. The summed E-state index contributed by atoms with van der Waals surface area (Å²) < 4.78 is 32.2. The number of halogens is 1. The molecule has 0 saturated heterocycles. The van der Waals surface area contributed by atoms with Crippen LogP contribution in [0.25, 0.3) is 11.1 Å². The normalized spacial score (nSPS) is 11.9. The molecular weight excluding hydrogens is 324 g/mol. The van der Waals surface area contributed by atoms with Crippen molar-refractivity contribution >= 4 is 32.7 Å². The van der Waals surface area contributed by atoms with Gasteiger partial charge in [-0.25, -0.2) is 18.1 Å². The van der Waals surface area contributed by atoms with Gasteiger partial charge in [-0.15, -0.1) is 0 Å². The van der Waals surface area contributed by atoms with Crippen LogP contribution in [0.3, 0.4) is 0 Å². The maximum absolute atomic E-state index is 12.2. The Morgan fingerprint density at radius 3 is 2.82 bits per heavy atom. The Balaban J connectivity index is 1.68. The molecule has 5 nitrogen and oxygen atoms in total. The third-order valence-corrected chi connectivity index (χ3v) is 5.19. The van der Waals surface area contributed by atoms with E-state index in [1.54, 1.807) is 18.2 Å². The van der Waals surface area contributed by atoms with E-state index in [4.69, 9.17) is 16.0 Å². The lowest BCUT2D eigenvalue weighted by atomic mass is 10.1. The van der Waals surface area contributed by atoms with Crippen LogP contribution in [0.5, 0.6) is 0 Å². The van der Waals surface area contributed by atoms with Gasteiger partial charge >= 0.3 is 0 Å². The van der Waals surface area contributed by atoms with Crippen LogP contribution >= 0.6 is 11.6 Å². The lowest BCUT2D eigenvalue weighted by Gasteiger charge is -2.08. The second kappa shape index (κ2) is 6.08. The summed E-state index contributed by atoms with van der Waals surface area (Å²) in [6.45, 7) is 0.271. The SMILES string of the molecule is O=S(=O)(NCCc1ccc2ncoc2c1)c1ccccc1Cl. The van der Waals surface area contributed by atoms with Gasteiger partial charge in [-0.2, -0.15) is 0 Å². The maximum atomic E-state index is 12.2. The number of rotatable bonds is 5. The molecule has 0 spiro atoms. The summed E-state index contributed by atoms with van der Waals surface area (Å²) in [6, 6.07) is 11.9. The number of hydrogen-bond donors (Lipinski definition) is 1. The third kappa shape index (κ3) is 3.14. The fourth-order valence-corrected chi connectivity index (χ4v) is 3.67. The van der Waals surface area contributed by atoms with Gasteiger partial charge in [-0.05, 0) is 36.2 Å². The monoisotopic (exact) mass is 336 g/mol. The highest BCUT2D eigenvalue weighted by Gasteiger charge is 2.16. The molecule has 0 aliphatic heterocycles. The molecule has 114 valence electrons. The molecule has 0 fully saturated rings. The molecule has 1 N–H and O–H groups in total. The average molecular weight is 337 g/mol. The lowest BCUT2D eigenvalue weighted by molar-refractivity contribution is 0.581. The fourth-order valence-electron chi connectivity index (χ4n) is 2.13. The Bertz CT molecular complexity index is 906. The Kier molecular flexibility index (Phi) is 4.15. The largest absolute Gasteiger partial charge is 0.443 e. The van der Waals surface area contributed by atoms with Crippen LogP contribution < -0.4 is 4.72 Å². The van der Waals surface area contributed by atoms with Crippen LogP contribution in [0.4, 0.5) is 0 Å². The van der Waals surface area contributed by atoms with Gasteiger partial charge in [-0.3, -0.25) is 0 Å². The van der Waals surface area contributed by atoms with E-state index in [1.807, 2.05) is 18.2 Å². The van der Waals surface area contributed by atoms with Crippen molar-refractivity contribution in [2.24, 2.45) is 0 Å². The van der Waals surface area contributed by atoms with Gasteiger partial charge in [0, 0.05) is 6.54 Å². The molecule has 7 heteroatoms. The summed E-state index contributed by atoms with van der Waals surface area (Å²) >= 11 is 5.92. The van der Waals surface area contributed by atoms with Crippen molar-refractivity contribution in [2.75, 3.05) is 6.54 Å². The number of oxazole rings is 1. The number of aromatic nitrogens is 1. The number of fused-ring (bicyclic) bond motifs is 1. The van der Waals surface area contributed by atoms with E-state index in [9.17, 15) is 8.42 Å². The molecule has 3 aromatic rings. The number of sulfonamides is 1. The van der Waals surface area contributed by atoms with Gasteiger partial charge in [0.2, 0.25) is 10.0 Å². The minimum absolute atomic E-state index is 0.0855. The van der Waals surface area contributed by atoms with Crippen molar-refractivity contribution in [3.8, 4) is 0 Å². The van der Waals surface area contributed by atoms with Gasteiger partial charge < -0.3 is 4.42 Å². The topological polar surface area (TPSA) is 72.2 Å². The first-order valence-electron chi connectivity index (χ1n) is 6.62. The molecule has 0 saturated carbocycles. The zero-order valence-corrected chi connectivity index (χ0v) is 13.1. The number of nitrogens with zero attached hydrogens (tertiary/aromatic N) is 1. The van der Waals surface area contributed by atoms with Crippen molar-refractivity contribution in [3.63, 3.8) is 0 Å². The highest BCUT2D eigenvalue weighted by atomic mass is 35.5. The van der Waals surface area contributed by atoms with Crippen LogP contribution in [-0.4, -0.2) is 19.9 Å². The Morgan fingerprint density at radius 2 is 2.00 bits per heavy atom. The third-order valence-electron chi connectivity index (χ3n) is 3.23. The van der Waals surface area contributed by atoms with Gasteiger partial charge in [0.05, 0.1) is 5.02 Å². The highest BCUT2D eigenvalue weighted by molar-refractivity contribution is 7.89. The molecule has 0 bridgehead atoms. The average Bonchev–Trinajstić information content (AvgIpc) is 2.95. The molecule has 2 aromatic carbocycles. The predicted octanol–water partition coefficient (Wildman–Crippen LogP) is 3.00. The maximum Gasteiger partial charge on any atom is 0.242 e. The highest BCUT2D eigenvalue weighted by Crippen LogP contribution is 2.20. The number of nitrogens with one attached hydrogen (secondary N) is 1. The molecule has 0 aliphatic carbocycles. The van der Waals surface area contributed by atoms with Crippen molar-refractivity contribution in [1.82, 2.24) is 9.71 Å². The predicted molar refractivity (Wildman–Crippen MR) is 84.4 cm³/mol. The summed E-state index contributed by atoms with van der Waals surface area (Å²) in [4.78, 5) is 4.12. The molecule has 0 aliphatic rings. The molecule has 0 radical (unpaired) electrons. The van der Waals surface area contributed by atoms with E-state index in [0.717, 1.165) is 11.1 Å². The minimum Gasteiger partial charge on any atom is -0.443 e. The van der Waals surface area contributed by atoms with Crippen LogP contribution in [0, 0.1) is 0 Å². The Labute approximate surface area is 133 Å². The van der Waals surface area contributed by atoms with Gasteiger partial charge in [0.15, 0.2) is 12.0 Å². The second-order valence-electron chi connectivity index (χ2n) is 4.73. The first kappa shape index (κ1) is 15.0. The van der Waals surface area contributed by atoms with Gasteiger partial charge in [0.25, 0.3) is 0 Å². The summed E-state index contributed by atoms with van der Waals surface area (Å²) in [7, 11) is -3.61. The standard InChI is InChI=1S/C15H13ClN2O3S/c16-12-3-1-2-4-15(12)22(19,20)18-8-7-11-5-6-13-14(9-11)21-10-17-13/h1-6,9-10,18H,7-8H2. The van der Waals surface area contributed by atoms with Crippen molar-refractivity contribution < 1.29 is 12.8 Å². The van der Waals surface area contributed by atoms with E-state index < -0.39 is 10.0 Å². The summed E-state index contributed by atoms with van der Waals surface area (Å²) in [5, 5.41) is 0.207. The molecular formula is C15H13ClN2O3S. The summed E-state index contributed by atoms with van der Waals surface area (Å²) in [6.07, 6.45) is 1.93. The molecule has 0 amide bonds.